The number of nitrogens with zero attached hydrogens (tertiary/aromatic N) is 1. The lowest BCUT2D eigenvalue weighted by Gasteiger charge is -2.26. The van der Waals surface area contributed by atoms with E-state index >= 15 is 0 Å². The molecule has 1 amide bonds. The van der Waals surface area contributed by atoms with Gasteiger partial charge in [-0.1, -0.05) is 13.3 Å². The van der Waals surface area contributed by atoms with Gasteiger partial charge in [0.2, 0.25) is 5.91 Å². The van der Waals surface area contributed by atoms with Gasteiger partial charge in [0.25, 0.3) is 0 Å². The van der Waals surface area contributed by atoms with Crippen LogP contribution in [0.25, 0.3) is 0 Å². The molecule has 17 heavy (non-hydrogen) atoms. The number of hydrogen-bond donors (Lipinski definition) is 2. The molecular formula is C12H25N3O2. The molecule has 3 N–H and O–H groups in total. The first kappa shape index (κ1) is 14.4. The summed E-state index contributed by atoms with van der Waals surface area (Å²) in [5.41, 5.74) is 5.71. The Balaban J connectivity index is 2.01. The molecule has 0 aromatic heterocycles. The van der Waals surface area contributed by atoms with Gasteiger partial charge in [-0.2, -0.15) is 0 Å². The van der Waals surface area contributed by atoms with Crippen LogP contribution in [0.15, 0.2) is 0 Å². The number of amides is 1. The number of carbonyl (C=O) groups excluding carboxylic acids is 1. The van der Waals surface area contributed by atoms with E-state index in [1.54, 1.807) is 0 Å². The topological polar surface area (TPSA) is 67.6 Å². The van der Waals surface area contributed by atoms with Gasteiger partial charge in [-0.05, 0) is 19.4 Å². The number of morpholine rings is 1. The van der Waals surface area contributed by atoms with E-state index in [1.165, 1.54) is 0 Å². The number of nitrogens with two attached hydrogens (primary N) is 1. The molecule has 0 aromatic rings. The van der Waals surface area contributed by atoms with Gasteiger partial charge in [0.1, 0.15) is 0 Å². The van der Waals surface area contributed by atoms with Gasteiger partial charge in [0, 0.05) is 19.6 Å². The summed E-state index contributed by atoms with van der Waals surface area (Å²) in [6.07, 6.45) is 2.68. The molecule has 0 spiro atoms. The van der Waals surface area contributed by atoms with E-state index < -0.39 is 0 Å². The average Bonchev–Trinajstić information content (AvgIpc) is 2.36. The Hall–Kier alpha value is -0.650. The van der Waals surface area contributed by atoms with E-state index in [9.17, 15) is 4.79 Å². The Kier molecular flexibility index (Phi) is 7.16. The summed E-state index contributed by atoms with van der Waals surface area (Å²) in [4.78, 5) is 13.9. The second-order valence-electron chi connectivity index (χ2n) is 4.49. The van der Waals surface area contributed by atoms with E-state index in [4.69, 9.17) is 10.5 Å². The Bertz CT molecular complexity index is 218. The van der Waals surface area contributed by atoms with Gasteiger partial charge in [-0.3, -0.25) is 9.69 Å². The first-order valence-corrected chi connectivity index (χ1v) is 6.57. The summed E-state index contributed by atoms with van der Waals surface area (Å²) in [6.45, 7) is 7.43. The molecule has 1 aliphatic heterocycles. The monoisotopic (exact) mass is 243 g/mol. The van der Waals surface area contributed by atoms with Crippen LogP contribution in [0.3, 0.4) is 0 Å². The Morgan fingerprint density at radius 1 is 1.47 bits per heavy atom. The zero-order valence-corrected chi connectivity index (χ0v) is 10.8. The maximum Gasteiger partial charge on any atom is 0.236 e. The minimum absolute atomic E-state index is 0.0196. The Labute approximate surface area is 104 Å². The first-order chi connectivity index (χ1) is 8.24. The fourth-order valence-corrected chi connectivity index (χ4v) is 1.91. The van der Waals surface area contributed by atoms with Crippen molar-refractivity contribution in [2.45, 2.75) is 32.2 Å². The molecule has 0 unspecified atom stereocenters. The predicted molar refractivity (Wildman–Crippen MR) is 67.8 cm³/mol. The van der Waals surface area contributed by atoms with Crippen LogP contribution in [0, 0.1) is 0 Å². The third-order valence-corrected chi connectivity index (χ3v) is 2.99. The smallest absolute Gasteiger partial charge is 0.236 e. The molecule has 0 bridgehead atoms. The highest BCUT2D eigenvalue weighted by Gasteiger charge is 2.12. The normalized spacial score (nSPS) is 18.9. The average molecular weight is 243 g/mol. The molecule has 0 saturated carbocycles. The van der Waals surface area contributed by atoms with Crippen LogP contribution >= 0.6 is 0 Å². The second kappa shape index (κ2) is 8.44. The number of ether oxygens (including phenoxy) is 1. The summed E-state index contributed by atoms with van der Waals surface area (Å²) < 4.78 is 5.27. The fourth-order valence-electron chi connectivity index (χ4n) is 1.91. The van der Waals surface area contributed by atoms with Crippen molar-refractivity contribution in [2.24, 2.45) is 5.73 Å². The lowest BCUT2D eigenvalue weighted by molar-refractivity contribution is -0.122. The van der Waals surface area contributed by atoms with E-state index in [2.05, 4.69) is 10.2 Å². The minimum atomic E-state index is -0.344. The molecule has 100 valence electrons. The molecule has 0 aromatic carbocycles. The van der Waals surface area contributed by atoms with Gasteiger partial charge in [0.15, 0.2) is 0 Å². The fraction of sp³-hybridized carbons (Fsp3) is 0.917. The van der Waals surface area contributed by atoms with Crippen molar-refractivity contribution in [3.8, 4) is 0 Å². The van der Waals surface area contributed by atoms with Gasteiger partial charge in [-0.25, -0.2) is 0 Å². The van der Waals surface area contributed by atoms with Crippen LogP contribution < -0.4 is 11.1 Å². The number of hydrogen-bond acceptors (Lipinski definition) is 4. The standard InChI is InChI=1S/C12H25N3O2/c1-2-4-11(13)12(16)14-5-3-6-15-7-9-17-10-8-15/h11H,2-10,13H2,1H3,(H,14,16)/t11-/m0/s1. The Morgan fingerprint density at radius 2 is 2.18 bits per heavy atom. The molecule has 1 aliphatic rings. The molecule has 1 atom stereocenters. The maximum atomic E-state index is 11.5. The lowest BCUT2D eigenvalue weighted by atomic mass is 10.1. The molecule has 5 heteroatoms. The summed E-state index contributed by atoms with van der Waals surface area (Å²) in [5, 5.41) is 2.88. The lowest BCUT2D eigenvalue weighted by Crippen LogP contribution is -2.42. The van der Waals surface area contributed by atoms with Crippen molar-refractivity contribution in [3.63, 3.8) is 0 Å². The highest BCUT2D eigenvalue weighted by Crippen LogP contribution is 1.97. The number of carbonyl (C=O) groups is 1. The summed E-state index contributed by atoms with van der Waals surface area (Å²) in [5.74, 6) is -0.0196. The van der Waals surface area contributed by atoms with E-state index in [1.807, 2.05) is 6.92 Å². The largest absolute Gasteiger partial charge is 0.379 e. The van der Waals surface area contributed by atoms with E-state index in [0.717, 1.165) is 52.1 Å². The van der Waals surface area contributed by atoms with Crippen LogP contribution in [0.5, 0.6) is 0 Å². The summed E-state index contributed by atoms with van der Waals surface area (Å²) in [7, 11) is 0. The first-order valence-electron chi connectivity index (χ1n) is 6.57. The number of rotatable bonds is 7. The van der Waals surface area contributed by atoms with E-state index in [-0.39, 0.29) is 11.9 Å². The molecule has 1 heterocycles. The van der Waals surface area contributed by atoms with Crippen molar-refractivity contribution >= 4 is 5.91 Å². The van der Waals surface area contributed by atoms with Crippen molar-refractivity contribution < 1.29 is 9.53 Å². The van der Waals surface area contributed by atoms with Crippen molar-refractivity contribution in [1.29, 1.82) is 0 Å². The zero-order chi connectivity index (χ0) is 12.5. The molecular weight excluding hydrogens is 218 g/mol. The molecule has 1 rings (SSSR count). The van der Waals surface area contributed by atoms with Crippen LogP contribution in [-0.4, -0.2) is 56.2 Å². The SMILES string of the molecule is CCC[C@H](N)C(=O)NCCCN1CCOCC1. The summed E-state index contributed by atoms with van der Waals surface area (Å²) in [6, 6.07) is -0.344. The molecule has 5 nitrogen and oxygen atoms in total. The van der Waals surface area contributed by atoms with Crippen LogP contribution in [-0.2, 0) is 9.53 Å². The second-order valence-corrected chi connectivity index (χ2v) is 4.49. The Morgan fingerprint density at radius 3 is 2.82 bits per heavy atom. The molecule has 0 radical (unpaired) electrons. The van der Waals surface area contributed by atoms with Crippen LogP contribution in [0.2, 0.25) is 0 Å². The van der Waals surface area contributed by atoms with Crippen LogP contribution in [0.4, 0.5) is 0 Å². The maximum absolute atomic E-state index is 11.5. The summed E-state index contributed by atoms with van der Waals surface area (Å²) >= 11 is 0. The number of nitrogens with one attached hydrogen (secondary N) is 1. The molecule has 0 aliphatic carbocycles. The van der Waals surface area contributed by atoms with Crippen molar-refractivity contribution in [2.75, 3.05) is 39.4 Å². The van der Waals surface area contributed by atoms with Gasteiger partial charge >= 0.3 is 0 Å². The van der Waals surface area contributed by atoms with Gasteiger partial charge in [0.05, 0.1) is 19.3 Å². The van der Waals surface area contributed by atoms with E-state index in [0.29, 0.717) is 6.54 Å². The third-order valence-electron chi connectivity index (χ3n) is 2.99. The quantitative estimate of drug-likeness (QED) is 0.615. The minimum Gasteiger partial charge on any atom is -0.379 e. The van der Waals surface area contributed by atoms with Crippen LogP contribution in [0.1, 0.15) is 26.2 Å². The van der Waals surface area contributed by atoms with Crippen molar-refractivity contribution in [1.82, 2.24) is 10.2 Å². The highest BCUT2D eigenvalue weighted by molar-refractivity contribution is 5.81. The zero-order valence-electron chi connectivity index (χ0n) is 10.8. The predicted octanol–water partition coefficient (Wildman–Crippen LogP) is -0.0477. The molecule has 1 saturated heterocycles. The third kappa shape index (κ3) is 6.00. The van der Waals surface area contributed by atoms with Gasteiger partial charge in [-0.15, -0.1) is 0 Å². The van der Waals surface area contributed by atoms with Crippen molar-refractivity contribution in [3.05, 3.63) is 0 Å². The van der Waals surface area contributed by atoms with Gasteiger partial charge < -0.3 is 15.8 Å². The highest BCUT2D eigenvalue weighted by atomic mass is 16.5. The molecule has 1 fully saturated rings.